The molecular formula is C15H27FeN3S6+3. The zero-order valence-corrected chi connectivity index (χ0v) is 20.5. The van der Waals surface area contributed by atoms with E-state index >= 15 is 0 Å². The minimum absolute atomic E-state index is 0. The Balaban J connectivity index is 0.000000339. The summed E-state index contributed by atoms with van der Waals surface area (Å²) in [5, 5.41) is 0. The van der Waals surface area contributed by atoms with Gasteiger partial charge >= 0.3 is 17.1 Å². The van der Waals surface area contributed by atoms with Crippen LogP contribution in [-0.4, -0.2) is 66.9 Å². The number of rotatable bonds is 0. The van der Waals surface area contributed by atoms with Crippen molar-refractivity contribution in [3.8, 4) is 0 Å². The van der Waals surface area contributed by atoms with E-state index in [1.165, 1.54) is 38.5 Å². The van der Waals surface area contributed by atoms with Crippen molar-refractivity contribution in [3.63, 3.8) is 0 Å². The van der Waals surface area contributed by atoms with Crippen LogP contribution in [0.3, 0.4) is 0 Å². The number of nitrogens with zero attached hydrogens (tertiary/aromatic N) is 3. The number of thiol groups is 3. The van der Waals surface area contributed by atoms with Gasteiger partial charge in [-0.1, -0.05) is 0 Å². The Bertz CT molecular complexity index is 358. The first-order valence-electron chi connectivity index (χ1n) is 8.35. The molecule has 0 aromatic carbocycles. The Morgan fingerprint density at radius 1 is 0.480 bits per heavy atom. The summed E-state index contributed by atoms with van der Waals surface area (Å²) in [6, 6.07) is 0. The van der Waals surface area contributed by atoms with E-state index in [4.69, 9.17) is 37.9 Å². The molecule has 25 heavy (non-hydrogen) atoms. The molecule has 3 aliphatic rings. The van der Waals surface area contributed by atoms with Crippen LogP contribution in [0.4, 0.5) is 0 Å². The standard InChI is InChI=1S/3C5H9NS2.Fe/c3*7-5(8)6-3-1-2-4-6;/h3*1-4H2,(H,7,8);/q;;;+3. The first-order valence-corrected chi connectivity index (χ1v) is 10.9. The molecule has 143 valence electrons. The summed E-state index contributed by atoms with van der Waals surface area (Å²) in [6.45, 7) is 6.68. The third-order valence-corrected chi connectivity index (χ3v) is 5.75. The van der Waals surface area contributed by atoms with Gasteiger partial charge in [0.15, 0.2) is 0 Å². The minimum atomic E-state index is 0. The molecule has 0 aliphatic carbocycles. The fraction of sp³-hybridized carbons (Fsp3) is 0.800. The average Bonchev–Trinajstić information content (AvgIpc) is 3.29. The zero-order chi connectivity index (χ0) is 17.9. The van der Waals surface area contributed by atoms with Crippen LogP contribution in [0.15, 0.2) is 0 Å². The molecule has 3 saturated heterocycles. The average molecular weight is 498 g/mol. The van der Waals surface area contributed by atoms with Gasteiger partial charge in [0.25, 0.3) is 0 Å². The Labute approximate surface area is 195 Å². The molecule has 0 atom stereocenters. The molecule has 0 amide bonds. The van der Waals surface area contributed by atoms with E-state index in [9.17, 15) is 0 Å². The van der Waals surface area contributed by atoms with Crippen LogP contribution in [0.2, 0.25) is 0 Å². The van der Waals surface area contributed by atoms with E-state index in [2.05, 4.69) is 51.4 Å². The van der Waals surface area contributed by atoms with Gasteiger partial charge in [0.05, 0.1) is 0 Å². The van der Waals surface area contributed by atoms with Crippen molar-refractivity contribution >= 4 is 87.5 Å². The Morgan fingerprint density at radius 3 is 0.720 bits per heavy atom. The van der Waals surface area contributed by atoms with Crippen LogP contribution in [0, 0.1) is 0 Å². The van der Waals surface area contributed by atoms with Crippen LogP contribution < -0.4 is 0 Å². The van der Waals surface area contributed by atoms with Gasteiger partial charge < -0.3 is 37.9 Å². The van der Waals surface area contributed by atoms with E-state index in [0.29, 0.717) is 0 Å². The molecule has 0 unspecified atom stereocenters. The summed E-state index contributed by atoms with van der Waals surface area (Å²) in [5.41, 5.74) is 0. The molecule has 3 fully saturated rings. The monoisotopic (exact) mass is 497 g/mol. The summed E-state index contributed by atoms with van der Waals surface area (Å²) in [6.07, 6.45) is 7.67. The number of hydrogen-bond donors (Lipinski definition) is 0. The molecule has 10 heteroatoms. The fourth-order valence-electron chi connectivity index (χ4n) is 2.73. The van der Waals surface area contributed by atoms with Crippen molar-refractivity contribution in [2.24, 2.45) is 0 Å². The van der Waals surface area contributed by atoms with Gasteiger partial charge in [0.2, 0.25) is 0 Å². The molecule has 3 rings (SSSR count). The number of hydrogen-bond acceptors (Lipinski definition) is 3. The van der Waals surface area contributed by atoms with Gasteiger partial charge in [-0.2, -0.15) is 0 Å². The smallest absolute Gasteiger partial charge is 0.680 e. The Kier molecular flexibility index (Phi) is 16.7. The van der Waals surface area contributed by atoms with E-state index < -0.39 is 0 Å². The van der Waals surface area contributed by atoms with E-state index in [0.717, 1.165) is 52.2 Å². The molecule has 1 radical (unpaired) electrons. The predicted octanol–water partition coefficient (Wildman–Crippen LogP) is -0.0154. The van der Waals surface area contributed by atoms with Gasteiger partial charge in [0.1, 0.15) is 49.6 Å². The van der Waals surface area contributed by atoms with Gasteiger partial charge in [-0.25, -0.2) is 0 Å². The summed E-state index contributed by atoms with van der Waals surface area (Å²) >= 11 is 26.7. The van der Waals surface area contributed by atoms with Crippen molar-refractivity contribution in [2.45, 2.75) is 38.5 Å². The molecule has 3 nitrogen and oxygen atoms in total. The molecule has 0 saturated carbocycles. The van der Waals surface area contributed by atoms with Crippen LogP contribution in [0.25, 0.3) is 0 Å². The Morgan fingerprint density at radius 2 is 0.640 bits per heavy atom. The van der Waals surface area contributed by atoms with Crippen LogP contribution >= 0.6 is 0 Å². The van der Waals surface area contributed by atoms with Crippen molar-refractivity contribution in [3.05, 3.63) is 0 Å². The van der Waals surface area contributed by atoms with Crippen LogP contribution in [-0.2, 0) is 91.6 Å². The predicted molar refractivity (Wildman–Crippen MR) is 126 cm³/mol. The maximum absolute atomic E-state index is 4.85. The molecule has 0 aromatic heterocycles. The summed E-state index contributed by atoms with van der Waals surface area (Å²) in [7, 11) is 0. The Hall–Kier alpha value is 1.72. The molecule has 0 aromatic rings. The molecular weight excluding hydrogens is 470 g/mol. The summed E-state index contributed by atoms with van der Waals surface area (Å²) < 4.78 is 2.26. The fourth-order valence-corrected chi connectivity index (χ4v) is 3.87. The zero-order valence-electron chi connectivity index (χ0n) is 14.2. The first-order chi connectivity index (χ1) is 11.4. The molecule has 0 bridgehead atoms. The second-order valence-electron chi connectivity index (χ2n) is 5.93. The SMILES string of the molecule is [Fe+3].[S-]C(=[SH+])N1CCCC1.[S-]C(=[SH+])N1CCCC1.[S-]C(=[SH+])N1CCCC1. The second kappa shape index (κ2) is 15.6. The van der Waals surface area contributed by atoms with Crippen molar-refractivity contribution < 1.29 is 17.1 Å². The normalized spacial score (nSPS) is 20.8. The molecule has 0 N–H and O–H groups in total. The van der Waals surface area contributed by atoms with E-state index in [1.54, 1.807) is 0 Å². The summed E-state index contributed by atoms with van der Waals surface area (Å²) in [4.78, 5) is 6.37. The summed E-state index contributed by atoms with van der Waals surface area (Å²) in [5.74, 6) is 0. The van der Waals surface area contributed by atoms with Crippen LogP contribution in [0.1, 0.15) is 38.5 Å². The maximum atomic E-state index is 4.85. The van der Waals surface area contributed by atoms with Crippen LogP contribution in [0.5, 0.6) is 0 Å². The van der Waals surface area contributed by atoms with Gasteiger partial charge in [-0.15, -0.1) is 0 Å². The first kappa shape index (κ1) is 26.7. The molecule has 3 heterocycles. The molecule has 0 spiro atoms. The van der Waals surface area contributed by atoms with Gasteiger partial charge in [0, 0.05) is 39.3 Å². The minimum Gasteiger partial charge on any atom is -0.680 e. The molecule has 3 aliphatic heterocycles. The quantitative estimate of drug-likeness (QED) is 0.152. The third kappa shape index (κ3) is 12.0. The topological polar surface area (TPSA) is 9.72 Å². The maximum Gasteiger partial charge on any atom is 3.00 e. The van der Waals surface area contributed by atoms with Crippen molar-refractivity contribution in [1.29, 1.82) is 0 Å². The van der Waals surface area contributed by atoms with Crippen molar-refractivity contribution in [2.75, 3.05) is 39.3 Å². The van der Waals surface area contributed by atoms with E-state index in [1.807, 2.05) is 0 Å². The second-order valence-corrected chi connectivity index (χ2v) is 9.27. The number of likely N-dealkylation sites (tertiary alicyclic amines) is 3. The third-order valence-electron chi connectivity index (χ3n) is 4.13. The van der Waals surface area contributed by atoms with Crippen molar-refractivity contribution in [1.82, 2.24) is 14.7 Å². The van der Waals surface area contributed by atoms with Gasteiger partial charge in [-0.3, -0.25) is 14.7 Å². The largest absolute Gasteiger partial charge is 3.00 e. The van der Waals surface area contributed by atoms with Gasteiger partial charge in [-0.05, 0) is 38.5 Å². The van der Waals surface area contributed by atoms with E-state index in [-0.39, 0.29) is 17.1 Å².